The standard InChI is InChI=1S/C17H32N4O6S2/c1-9(2)6-12(20-14(23)10(18)8-28)15(24)21-13(7-22)16(25)19-11(17(26)27)4-5-29-3/h9-13,22,28H,4-8,18H2,1-3H3,(H,19,25)(H,20,23)(H,21,24)(H,26,27). The van der Waals surface area contributed by atoms with Crippen LogP contribution in [-0.4, -0.2) is 82.4 Å². The second-order valence-electron chi connectivity index (χ2n) is 6.90. The Kier molecular flexibility index (Phi) is 13.7. The van der Waals surface area contributed by atoms with Crippen LogP contribution in [0.15, 0.2) is 0 Å². The normalized spacial score (nSPS) is 15.1. The molecule has 4 unspecified atom stereocenters. The van der Waals surface area contributed by atoms with Crippen LogP contribution in [0.3, 0.4) is 0 Å². The summed E-state index contributed by atoms with van der Waals surface area (Å²) in [6.07, 6.45) is 2.28. The maximum Gasteiger partial charge on any atom is 0.326 e. The number of thiol groups is 1. The lowest BCUT2D eigenvalue weighted by Crippen LogP contribution is -2.58. The van der Waals surface area contributed by atoms with E-state index in [4.69, 9.17) is 5.73 Å². The number of carboxylic acid groups (broad SMARTS) is 1. The van der Waals surface area contributed by atoms with Crippen LogP contribution in [-0.2, 0) is 19.2 Å². The van der Waals surface area contributed by atoms with E-state index in [-0.39, 0.29) is 24.5 Å². The van der Waals surface area contributed by atoms with E-state index in [9.17, 15) is 29.4 Å². The van der Waals surface area contributed by atoms with Crippen molar-refractivity contribution >= 4 is 48.1 Å². The van der Waals surface area contributed by atoms with Gasteiger partial charge in [0.2, 0.25) is 17.7 Å². The van der Waals surface area contributed by atoms with Crippen LogP contribution in [0, 0.1) is 5.92 Å². The van der Waals surface area contributed by atoms with Crippen LogP contribution in [0.25, 0.3) is 0 Å². The highest BCUT2D eigenvalue weighted by Gasteiger charge is 2.30. The molecule has 168 valence electrons. The molecule has 0 saturated heterocycles. The Labute approximate surface area is 180 Å². The number of amides is 3. The lowest BCUT2D eigenvalue weighted by Gasteiger charge is -2.25. The van der Waals surface area contributed by atoms with Crippen LogP contribution in [0.5, 0.6) is 0 Å². The van der Waals surface area contributed by atoms with E-state index >= 15 is 0 Å². The number of carboxylic acids is 1. The first kappa shape index (κ1) is 27.5. The van der Waals surface area contributed by atoms with Gasteiger partial charge in [0.1, 0.15) is 18.1 Å². The van der Waals surface area contributed by atoms with Crippen molar-refractivity contribution in [3.63, 3.8) is 0 Å². The van der Waals surface area contributed by atoms with Gasteiger partial charge in [0.15, 0.2) is 0 Å². The minimum absolute atomic E-state index is 0.0441. The number of nitrogens with one attached hydrogen (secondary N) is 3. The third kappa shape index (κ3) is 10.7. The molecule has 0 heterocycles. The Bertz CT molecular complexity index is 564. The van der Waals surface area contributed by atoms with Gasteiger partial charge in [0.25, 0.3) is 0 Å². The van der Waals surface area contributed by atoms with Crippen molar-refractivity contribution in [2.24, 2.45) is 11.7 Å². The third-order valence-electron chi connectivity index (χ3n) is 3.91. The summed E-state index contributed by atoms with van der Waals surface area (Å²) >= 11 is 5.38. The van der Waals surface area contributed by atoms with Gasteiger partial charge in [-0.15, -0.1) is 0 Å². The van der Waals surface area contributed by atoms with Crippen molar-refractivity contribution in [2.45, 2.75) is 50.9 Å². The van der Waals surface area contributed by atoms with Gasteiger partial charge in [0, 0.05) is 5.75 Å². The molecule has 29 heavy (non-hydrogen) atoms. The van der Waals surface area contributed by atoms with Gasteiger partial charge < -0.3 is 31.9 Å². The zero-order valence-corrected chi connectivity index (χ0v) is 18.6. The van der Waals surface area contributed by atoms with E-state index in [1.165, 1.54) is 11.8 Å². The predicted octanol–water partition coefficient (Wildman–Crippen LogP) is -1.43. The molecule has 0 aromatic rings. The topological polar surface area (TPSA) is 171 Å². The zero-order chi connectivity index (χ0) is 22.6. The fourth-order valence-electron chi connectivity index (χ4n) is 2.30. The predicted molar refractivity (Wildman–Crippen MR) is 115 cm³/mol. The van der Waals surface area contributed by atoms with E-state index in [0.29, 0.717) is 5.75 Å². The van der Waals surface area contributed by atoms with E-state index in [0.717, 1.165) is 0 Å². The molecule has 0 fully saturated rings. The molecule has 0 rings (SSSR count). The summed E-state index contributed by atoms with van der Waals surface area (Å²) < 4.78 is 0. The van der Waals surface area contributed by atoms with E-state index in [1.54, 1.807) is 6.26 Å². The number of nitrogens with two attached hydrogens (primary N) is 1. The molecule has 0 spiro atoms. The highest BCUT2D eigenvalue weighted by molar-refractivity contribution is 7.98. The van der Waals surface area contributed by atoms with Gasteiger partial charge in [-0.2, -0.15) is 24.4 Å². The average molecular weight is 453 g/mol. The molecule has 0 aromatic heterocycles. The summed E-state index contributed by atoms with van der Waals surface area (Å²) in [6.45, 7) is 2.97. The summed E-state index contributed by atoms with van der Waals surface area (Å²) in [5.74, 6) is -2.62. The first-order valence-corrected chi connectivity index (χ1v) is 11.2. The summed E-state index contributed by atoms with van der Waals surface area (Å²) in [5.41, 5.74) is 5.61. The van der Waals surface area contributed by atoms with Crippen molar-refractivity contribution in [2.75, 3.05) is 24.4 Å². The molecule has 10 nitrogen and oxygen atoms in total. The molecule has 0 aliphatic carbocycles. The van der Waals surface area contributed by atoms with E-state index in [2.05, 4.69) is 28.6 Å². The van der Waals surface area contributed by atoms with Crippen molar-refractivity contribution in [3.8, 4) is 0 Å². The molecule has 0 saturated carbocycles. The Hall–Kier alpha value is -1.50. The van der Waals surface area contributed by atoms with Gasteiger partial charge in [-0.05, 0) is 30.8 Å². The maximum absolute atomic E-state index is 12.6. The van der Waals surface area contributed by atoms with Gasteiger partial charge in [-0.1, -0.05) is 13.8 Å². The number of aliphatic hydroxyl groups excluding tert-OH is 1. The second-order valence-corrected chi connectivity index (χ2v) is 8.26. The molecule has 7 N–H and O–H groups in total. The fourth-order valence-corrected chi connectivity index (χ4v) is 2.93. The second kappa shape index (κ2) is 14.5. The van der Waals surface area contributed by atoms with Crippen LogP contribution in [0.2, 0.25) is 0 Å². The SMILES string of the molecule is CSCCC(NC(=O)C(CO)NC(=O)C(CC(C)C)NC(=O)C(N)CS)C(=O)O. The molecule has 0 radical (unpaired) electrons. The zero-order valence-electron chi connectivity index (χ0n) is 16.9. The molecule has 0 aliphatic heterocycles. The largest absolute Gasteiger partial charge is 0.480 e. The number of thioether (sulfide) groups is 1. The van der Waals surface area contributed by atoms with Crippen LogP contribution >= 0.6 is 24.4 Å². The molecular weight excluding hydrogens is 420 g/mol. The quantitative estimate of drug-likeness (QED) is 0.157. The van der Waals surface area contributed by atoms with E-state index in [1.807, 2.05) is 13.8 Å². The van der Waals surface area contributed by atoms with Crippen molar-refractivity contribution in [1.82, 2.24) is 16.0 Å². The van der Waals surface area contributed by atoms with Gasteiger partial charge >= 0.3 is 5.97 Å². The Balaban J connectivity index is 5.13. The summed E-state index contributed by atoms with van der Waals surface area (Å²) in [4.78, 5) is 48.2. The Morgan fingerprint density at radius 1 is 1.00 bits per heavy atom. The maximum atomic E-state index is 12.6. The first-order chi connectivity index (χ1) is 13.6. The van der Waals surface area contributed by atoms with Crippen molar-refractivity contribution in [1.29, 1.82) is 0 Å². The number of hydrogen-bond acceptors (Lipinski definition) is 8. The molecule has 4 atom stereocenters. The summed E-state index contributed by atoms with van der Waals surface area (Å²) in [5, 5.41) is 25.9. The van der Waals surface area contributed by atoms with Crippen molar-refractivity contribution < 1.29 is 29.4 Å². The minimum Gasteiger partial charge on any atom is -0.480 e. The number of rotatable bonds is 14. The summed E-state index contributed by atoms with van der Waals surface area (Å²) in [7, 11) is 0. The van der Waals surface area contributed by atoms with Gasteiger partial charge in [-0.3, -0.25) is 14.4 Å². The number of aliphatic carboxylic acids is 1. The Morgan fingerprint density at radius 3 is 1.97 bits per heavy atom. The first-order valence-electron chi connectivity index (χ1n) is 9.17. The monoisotopic (exact) mass is 452 g/mol. The van der Waals surface area contributed by atoms with E-state index < -0.39 is 54.5 Å². The molecule has 0 aliphatic rings. The number of carbonyl (C=O) groups is 4. The van der Waals surface area contributed by atoms with Gasteiger partial charge in [0.05, 0.1) is 12.6 Å². The molecule has 3 amide bonds. The number of aliphatic hydroxyl groups is 1. The van der Waals surface area contributed by atoms with Crippen molar-refractivity contribution in [3.05, 3.63) is 0 Å². The molecule has 0 aromatic carbocycles. The smallest absolute Gasteiger partial charge is 0.326 e. The number of carbonyl (C=O) groups excluding carboxylic acids is 3. The molecule has 12 heteroatoms. The van der Waals surface area contributed by atoms with Crippen LogP contribution < -0.4 is 21.7 Å². The lowest BCUT2D eigenvalue weighted by atomic mass is 10.0. The average Bonchev–Trinajstić information content (AvgIpc) is 2.66. The fraction of sp³-hybridized carbons (Fsp3) is 0.765. The van der Waals surface area contributed by atoms with Crippen LogP contribution in [0.4, 0.5) is 0 Å². The van der Waals surface area contributed by atoms with Crippen LogP contribution in [0.1, 0.15) is 26.7 Å². The third-order valence-corrected chi connectivity index (χ3v) is 4.95. The highest BCUT2D eigenvalue weighted by atomic mass is 32.2. The minimum atomic E-state index is -1.36. The number of hydrogen-bond donors (Lipinski definition) is 7. The molecule has 0 bridgehead atoms. The highest BCUT2D eigenvalue weighted by Crippen LogP contribution is 2.07. The summed E-state index contributed by atoms with van der Waals surface area (Å²) in [6, 6.07) is -4.36. The molecular formula is C17H32N4O6S2. The van der Waals surface area contributed by atoms with Gasteiger partial charge in [-0.25, -0.2) is 4.79 Å². The lowest BCUT2D eigenvalue weighted by molar-refractivity contribution is -0.142. The Morgan fingerprint density at radius 2 is 1.52 bits per heavy atom.